The minimum Gasteiger partial charge on any atom is -0.398 e. The van der Waals surface area contributed by atoms with E-state index in [2.05, 4.69) is 20.7 Å². The second-order valence-corrected chi connectivity index (χ2v) is 7.15. The van der Waals surface area contributed by atoms with Crippen molar-refractivity contribution >= 4 is 31.6 Å². The van der Waals surface area contributed by atoms with Gasteiger partial charge in [-0.15, -0.1) is 0 Å². The number of hydrogen-bond donors (Lipinski definition) is 2. The van der Waals surface area contributed by atoms with Crippen LogP contribution in [0.15, 0.2) is 51.8 Å². The summed E-state index contributed by atoms with van der Waals surface area (Å²) >= 11 is 3.35. The normalized spacial score (nSPS) is 11.5. The molecule has 0 saturated carbocycles. The second-order valence-electron chi connectivity index (χ2n) is 4.50. The number of aryl methyl sites for hydroxylation is 1. The fraction of sp³-hybridized carbons (Fsp3) is 0.143. The lowest BCUT2D eigenvalue weighted by Gasteiger charge is -2.10. The number of nitrogens with two attached hydrogens (primary N) is 1. The second kappa shape index (κ2) is 5.95. The van der Waals surface area contributed by atoms with Crippen molar-refractivity contribution in [1.82, 2.24) is 4.72 Å². The number of rotatable bonds is 4. The van der Waals surface area contributed by atoms with Crippen LogP contribution in [-0.4, -0.2) is 8.42 Å². The molecule has 0 aliphatic carbocycles. The van der Waals surface area contributed by atoms with Gasteiger partial charge < -0.3 is 5.73 Å². The van der Waals surface area contributed by atoms with Crippen LogP contribution in [-0.2, 0) is 16.6 Å². The zero-order valence-corrected chi connectivity index (χ0v) is 13.3. The zero-order chi connectivity index (χ0) is 14.8. The van der Waals surface area contributed by atoms with E-state index in [4.69, 9.17) is 5.73 Å². The van der Waals surface area contributed by atoms with E-state index in [1.165, 1.54) is 6.07 Å². The molecular weight excluding hydrogens is 340 g/mol. The van der Waals surface area contributed by atoms with Gasteiger partial charge in [-0.05, 0) is 42.3 Å². The van der Waals surface area contributed by atoms with Crippen molar-refractivity contribution in [2.24, 2.45) is 0 Å². The Kier molecular flexibility index (Phi) is 4.47. The Morgan fingerprint density at radius 2 is 1.95 bits per heavy atom. The van der Waals surface area contributed by atoms with Crippen LogP contribution >= 0.6 is 15.9 Å². The molecule has 0 fully saturated rings. The summed E-state index contributed by atoms with van der Waals surface area (Å²) in [5, 5.41) is 0. The Hall–Kier alpha value is -1.37. The molecule has 2 rings (SSSR count). The standard InChI is InChI=1S/C14H15BrN2O2S/c1-10-5-6-14(13(16)7-10)20(18,19)17-9-11-3-2-4-12(15)8-11/h2-8,17H,9,16H2,1H3. The number of nitrogens with one attached hydrogen (secondary N) is 1. The third kappa shape index (κ3) is 3.59. The number of nitrogen functional groups attached to an aromatic ring is 1. The molecular formula is C14H15BrN2O2S. The summed E-state index contributed by atoms with van der Waals surface area (Å²) < 4.78 is 27.9. The van der Waals surface area contributed by atoms with E-state index in [-0.39, 0.29) is 17.1 Å². The van der Waals surface area contributed by atoms with Gasteiger partial charge in [-0.25, -0.2) is 13.1 Å². The van der Waals surface area contributed by atoms with Gasteiger partial charge in [-0.2, -0.15) is 0 Å². The van der Waals surface area contributed by atoms with Gasteiger partial charge in [0.15, 0.2) is 0 Å². The van der Waals surface area contributed by atoms with Crippen molar-refractivity contribution in [2.45, 2.75) is 18.4 Å². The van der Waals surface area contributed by atoms with Crippen molar-refractivity contribution in [1.29, 1.82) is 0 Å². The maximum Gasteiger partial charge on any atom is 0.242 e. The van der Waals surface area contributed by atoms with Crippen LogP contribution in [0.5, 0.6) is 0 Å². The van der Waals surface area contributed by atoms with E-state index in [9.17, 15) is 8.42 Å². The van der Waals surface area contributed by atoms with Crippen molar-refractivity contribution < 1.29 is 8.42 Å². The SMILES string of the molecule is Cc1ccc(S(=O)(=O)NCc2cccc(Br)c2)c(N)c1. The maximum atomic E-state index is 12.2. The Morgan fingerprint density at radius 1 is 1.20 bits per heavy atom. The summed E-state index contributed by atoms with van der Waals surface area (Å²) in [6.45, 7) is 2.08. The number of halogens is 1. The van der Waals surface area contributed by atoms with Crippen molar-refractivity contribution in [3.05, 3.63) is 58.1 Å². The lowest BCUT2D eigenvalue weighted by Crippen LogP contribution is -2.24. The Bertz CT molecular complexity index is 730. The molecule has 0 aliphatic rings. The number of hydrogen-bond acceptors (Lipinski definition) is 3. The molecule has 4 nitrogen and oxygen atoms in total. The Labute approximate surface area is 127 Å². The lowest BCUT2D eigenvalue weighted by molar-refractivity contribution is 0.581. The highest BCUT2D eigenvalue weighted by atomic mass is 79.9. The van der Waals surface area contributed by atoms with Gasteiger partial charge >= 0.3 is 0 Å². The smallest absolute Gasteiger partial charge is 0.242 e. The molecule has 6 heteroatoms. The van der Waals surface area contributed by atoms with Crippen LogP contribution in [0.2, 0.25) is 0 Å². The fourth-order valence-corrected chi connectivity index (χ4v) is 3.39. The molecule has 106 valence electrons. The highest BCUT2D eigenvalue weighted by molar-refractivity contribution is 9.10. The molecule has 0 spiro atoms. The molecule has 0 unspecified atom stereocenters. The largest absolute Gasteiger partial charge is 0.398 e. The third-order valence-electron chi connectivity index (χ3n) is 2.81. The zero-order valence-electron chi connectivity index (χ0n) is 10.9. The summed E-state index contributed by atoms with van der Waals surface area (Å²) in [7, 11) is -3.61. The summed E-state index contributed by atoms with van der Waals surface area (Å²) in [4.78, 5) is 0.109. The Morgan fingerprint density at radius 3 is 2.60 bits per heavy atom. The average Bonchev–Trinajstić information content (AvgIpc) is 2.36. The van der Waals surface area contributed by atoms with Gasteiger partial charge in [-0.3, -0.25) is 0 Å². The molecule has 0 aliphatic heterocycles. The molecule has 0 heterocycles. The van der Waals surface area contributed by atoms with Gasteiger partial charge in [0.1, 0.15) is 4.90 Å². The van der Waals surface area contributed by atoms with E-state index in [0.717, 1.165) is 15.6 Å². The number of anilines is 1. The molecule has 2 aromatic carbocycles. The van der Waals surface area contributed by atoms with E-state index in [0.29, 0.717) is 0 Å². The van der Waals surface area contributed by atoms with E-state index in [1.54, 1.807) is 12.1 Å². The third-order valence-corrected chi connectivity index (χ3v) is 4.78. The molecule has 3 N–H and O–H groups in total. The number of sulfonamides is 1. The van der Waals surface area contributed by atoms with Crippen LogP contribution in [0.4, 0.5) is 5.69 Å². The van der Waals surface area contributed by atoms with Gasteiger partial charge in [0.05, 0.1) is 5.69 Å². The molecule has 0 radical (unpaired) electrons. The minimum atomic E-state index is -3.61. The average molecular weight is 355 g/mol. The van der Waals surface area contributed by atoms with Gasteiger partial charge in [0.25, 0.3) is 0 Å². The Balaban J connectivity index is 2.19. The van der Waals surface area contributed by atoms with E-state index < -0.39 is 10.0 Å². The topological polar surface area (TPSA) is 72.2 Å². The van der Waals surface area contributed by atoms with Gasteiger partial charge in [-0.1, -0.05) is 34.1 Å². The lowest BCUT2D eigenvalue weighted by atomic mass is 10.2. The minimum absolute atomic E-state index is 0.109. The first-order valence-electron chi connectivity index (χ1n) is 5.99. The number of benzene rings is 2. The summed E-state index contributed by atoms with van der Waals surface area (Å²) in [5.74, 6) is 0. The van der Waals surface area contributed by atoms with Gasteiger partial charge in [0.2, 0.25) is 10.0 Å². The summed E-state index contributed by atoms with van der Waals surface area (Å²) in [6.07, 6.45) is 0. The van der Waals surface area contributed by atoms with E-state index >= 15 is 0 Å². The quantitative estimate of drug-likeness (QED) is 0.829. The molecule has 0 saturated heterocycles. The first-order chi connectivity index (χ1) is 9.38. The summed E-state index contributed by atoms with van der Waals surface area (Å²) in [6, 6.07) is 12.3. The maximum absolute atomic E-state index is 12.2. The molecule has 20 heavy (non-hydrogen) atoms. The predicted octanol–water partition coefficient (Wildman–Crippen LogP) is 2.82. The molecule has 0 aromatic heterocycles. The molecule has 0 bridgehead atoms. The first kappa shape index (κ1) is 15.0. The van der Waals surface area contributed by atoms with Crippen molar-refractivity contribution in [3.63, 3.8) is 0 Å². The highest BCUT2D eigenvalue weighted by Crippen LogP contribution is 2.20. The monoisotopic (exact) mass is 354 g/mol. The fourth-order valence-electron chi connectivity index (χ4n) is 1.82. The first-order valence-corrected chi connectivity index (χ1v) is 8.26. The highest BCUT2D eigenvalue weighted by Gasteiger charge is 2.16. The molecule has 2 aromatic rings. The van der Waals surface area contributed by atoms with Crippen LogP contribution in [0, 0.1) is 6.92 Å². The molecule has 0 amide bonds. The van der Waals surface area contributed by atoms with Crippen molar-refractivity contribution in [2.75, 3.05) is 5.73 Å². The van der Waals surface area contributed by atoms with Crippen LogP contribution in [0.25, 0.3) is 0 Å². The van der Waals surface area contributed by atoms with Crippen LogP contribution in [0.3, 0.4) is 0 Å². The van der Waals surface area contributed by atoms with Crippen molar-refractivity contribution in [3.8, 4) is 0 Å². The summed E-state index contributed by atoms with van der Waals surface area (Å²) in [5.41, 5.74) is 7.82. The van der Waals surface area contributed by atoms with Crippen LogP contribution < -0.4 is 10.5 Å². The predicted molar refractivity (Wildman–Crippen MR) is 83.8 cm³/mol. The van der Waals surface area contributed by atoms with Gasteiger partial charge in [0, 0.05) is 11.0 Å². The molecule has 0 atom stereocenters. The van der Waals surface area contributed by atoms with E-state index in [1.807, 2.05) is 31.2 Å². The van der Waals surface area contributed by atoms with Crippen LogP contribution in [0.1, 0.15) is 11.1 Å².